The van der Waals surface area contributed by atoms with Crippen LogP contribution in [0.25, 0.3) is 0 Å². The molecule has 0 atom stereocenters. The van der Waals surface area contributed by atoms with Crippen LogP contribution >= 0.6 is 0 Å². The van der Waals surface area contributed by atoms with Gasteiger partial charge in [-0.15, -0.1) is 0 Å². The van der Waals surface area contributed by atoms with Crippen LogP contribution in [0.2, 0.25) is 0 Å². The molecule has 0 aliphatic heterocycles. The predicted octanol–water partition coefficient (Wildman–Crippen LogP) is 2.94. The van der Waals surface area contributed by atoms with Crippen molar-refractivity contribution in [2.24, 2.45) is 11.7 Å². The molecule has 1 radical (unpaired) electrons. The Bertz CT molecular complexity index is 558. The van der Waals surface area contributed by atoms with Gasteiger partial charge in [-0.2, -0.15) is 0 Å². The van der Waals surface area contributed by atoms with Crippen molar-refractivity contribution in [3.8, 4) is 0 Å². The van der Waals surface area contributed by atoms with Crippen LogP contribution in [0.3, 0.4) is 0 Å². The molecule has 3 N–H and O–H groups in total. The van der Waals surface area contributed by atoms with E-state index in [-0.39, 0.29) is 5.91 Å². The van der Waals surface area contributed by atoms with E-state index in [1.165, 1.54) is 37.7 Å². The Morgan fingerprint density at radius 2 is 1.75 bits per heavy atom. The van der Waals surface area contributed by atoms with E-state index in [0.717, 1.165) is 17.9 Å². The molecule has 1 saturated carbocycles. The van der Waals surface area contributed by atoms with Gasteiger partial charge in [-0.3, -0.25) is 9.59 Å². The first kappa shape index (κ1) is 18.5. The van der Waals surface area contributed by atoms with Crippen molar-refractivity contribution in [2.45, 2.75) is 64.3 Å². The highest BCUT2D eigenvalue weighted by Gasteiger charge is 2.26. The van der Waals surface area contributed by atoms with Gasteiger partial charge in [-0.05, 0) is 50.2 Å². The maximum atomic E-state index is 11.9. The lowest BCUT2D eigenvalue weighted by Gasteiger charge is -2.22. The fourth-order valence-electron chi connectivity index (χ4n) is 3.14. The highest BCUT2D eigenvalue weighted by Crippen LogP contribution is 2.28. The SMILES string of the molecule is CC(C)(NC(=O)[CH]Cc1ccc(CCC2CCCC2)cc1)C(N)=O. The molecule has 4 nitrogen and oxygen atoms in total. The molecule has 0 heterocycles. The summed E-state index contributed by atoms with van der Waals surface area (Å²) in [4.78, 5) is 23.1. The molecule has 1 aliphatic carbocycles. The molecule has 1 aromatic rings. The van der Waals surface area contributed by atoms with Gasteiger partial charge in [0.05, 0.1) is 6.42 Å². The first-order chi connectivity index (χ1) is 11.4. The maximum Gasteiger partial charge on any atom is 0.242 e. The lowest BCUT2D eigenvalue weighted by molar-refractivity contribution is -0.128. The van der Waals surface area contributed by atoms with Gasteiger partial charge in [0.1, 0.15) is 5.54 Å². The van der Waals surface area contributed by atoms with Gasteiger partial charge in [0.2, 0.25) is 11.8 Å². The van der Waals surface area contributed by atoms with Crippen molar-refractivity contribution in [1.82, 2.24) is 5.32 Å². The number of carbonyl (C=O) groups is 2. The number of hydrogen-bond donors (Lipinski definition) is 2. The minimum atomic E-state index is -1.03. The summed E-state index contributed by atoms with van der Waals surface area (Å²) < 4.78 is 0. The molecule has 1 aromatic carbocycles. The molecule has 24 heavy (non-hydrogen) atoms. The van der Waals surface area contributed by atoms with Crippen LogP contribution in [0.15, 0.2) is 24.3 Å². The highest BCUT2D eigenvalue weighted by molar-refractivity contribution is 5.92. The van der Waals surface area contributed by atoms with E-state index in [1.54, 1.807) is 20.3 Å². The zero-order valence-electron chi connectivity index (χ0n) is 14.8. The van der Waals surface area contributed by atoms with Gasteiger partial charge < -0.3 is 11.1 Å². The molecule has 0 aromatic heterocycles. The second kappa shape index (κ2) is 8.32. The summed E-state index contributed by atoms with van der Waals surface area (Å²) in [5.41, 5.74) is 6.67. The maximum absolute atomic E-state index is 11.9. The van der Waals surface area contributed by atoms with E-state index >= 15 is 0 Å². The van der Waals surface area contributed by atoms with Crippen LogP contribution in [0.1, 0.15) is 57.1 Å². The number of hydrogen-bond acceptors (Lipinski definition) is 2. The summed E-state index contributed by atoms with van der Waals surface area (Å²) in [5, 5.41) is 2.62. The molecule has 1 fully saturated rings. The van der Waals surface area contributed by atoms with Crippen molar-refractivity contribution in [3.05, 3.63) is 41.8 Å². The molecule has 131 valence electrons. The Morgan fingerprint density at radius 3 is 2.33 bits per heavy atom. The zero-order valence-corrected chi connectivity index (χ0v) is 14.8. The molecular formula is C20H29N2O2. The van der Waals surface area contributed by atoms with Gasteiger partial charge in [-0.25, -0.2) is 0 Å². The minimum absolute atomic E-state index is 0.274. The summed E-state index contributed by atoms with van der Waals surface area (Å²) >= 11 is 0. The fraction of sp³-hybridized carbons (Fsp3) is 0.550. The molecular weight excluding hydrogens is 300 g/mol. The number of nitrogens with two attached hydrogens (primary N) is 1. The van der Waals surface area contributed by atoms with E-state index < -0.39 is 11.4 Å². The number of primary amides is 1. The second-order valence-corrected chi connectivity index (χ2v) is 7.39. The summed E-state index contributed by atoms with van der Waals surface area (Å²) in [6.07, 6.45) is 10.1. The summed E-state index contributed by atoms with van der Waals surface area (Å²) in [6.45, 7) is 3.19. The minimum Gasteiger partial charge on any atom is -0.368 e. The zero-order chi connectivity index (χ0) is 17.6. The van der Waals surface area contributed by atoms with Gasteiger partial charge in [0.25, 0.3) is 0 Å². The number of carbonyl (C=O) groups excluding carboxylic acids is 2. The Hall–Kier alpha value is -1.84. The van der Waals surface area contributed by atoms with Crippen molar-refractivity contribution in [2.75, 3.05) is 0 Å². The smallest absolute Gasteiger partial charge is 0.242 e. The number of nitrogens with one attached hydrogen (secondary N) is 1. The van der Waals surface area contributed by atoms with Gasteiger partial charge >= 0.3 is 0 Å². The van der Waals surface area contributed by atoms with Crippen LogP contribution in [0.4, 0.5) is 0 Å². The molecule has 0 saturated heterocycles. The van der Waals surface area contributed by atoms with Crippen LogP contribution in [0, 0.1) is 12.3 Å². The van der Waals surface area contributed by atoms with Crippen molar-refractivity contribution in [3.63, 3.8) is 0 Å². The Balaban J connectivity index is 1.75. The predicted molar refractivity (Wildman–Crippen MR) is 96.1 cm³/mol. The Morgan fingerprint density at radius 1 is 1.17 bits per heavy atom. The normalized spacial score (nSPS) is 15.4. The lowest BCUT2D eigenvalue weighted by atomic mass is 9.97. The Labute approximate surface area is 145 Å². The number of amides is 2. The van der Waals surface area contributed by atoms with Crippen molar-refractivity contribution >= 4 is 11.8 Å². The summed E-state index contributed by atoms with van der Waals surface area (Å²) in [5.74, 6) is 0.0929. The van der Waals surface area contributed by atoms with Crippen LogP contribution in [-0.4, -0.2) is 17.4 Å². The fourth-order valence-corrected chi connectivity index (χ4v) is 3.14. The third-order valence-corrected chi connectivity index (χ3v) is 4.91. The molecule has 0 spiro atoms. The number of benzene rings is 1. The highest BCUT2D eigenvalue weighted by atomic mass is 16.2. The number of rotatable bonds is 8. The molecule has 2 rings (SSSR count). The van der Waals surface area contributed by atoms with E-state index in [0.29, 0.717) is 6.42 Å². The second-order valence-electron chi connectivity index (χ2n) is 7.39. The summed E-state index contributed by atoms with van der Waals surface area (Å²) in [6, 6.07) is 8.47. The molecule has 4 heteroatoms. The number of aryl methyl sites for hydroxylation is 1. The quantitative estimate of drug-likeness (QED) is 0.769. The van der Waals surface area contributed by atoms with E-state index in [9.17, 15) is 9.59 Å². The largest absolute Gasteiger partial charge is 0.368 e. The van der Waals surface area contributed by atoms with Crippen LogP contribution in [0.5, 0.6) is 0 Å². The monoisotopic (exact) mass is 329 g/mol. The Kier molecular flexibility index (Phi) is 6.41. The van der Waals surface area contributed by atoms with E-state index in [2.05, 4.69) is 29.6 Å². The third-order valence-electron chi connectivity index (χ3n) is 4.91. The molecule has 2 amide bonds. The van der Waals surface area contributed by atoms with Crippen LogP contribution < -0.4 is 11.1 Å². The summed E-state index contributed by atoms with van der Waals surface area (Å²) in [7, 11) is 0. The average molecular weight is 329 g/mol. The van der Waals surface area contributed by atoms with E-state index in [1.807, 2.05) is 0 Å². The molecule has 1 aliphatic rings. The standard InChI is InChI=1S/C20H29N2O2/c1-20(2,19(21)24)22-18(23)14-13-17-11-9-16(10-12-17)8-7-15-5-3-4-6-15/h9-12,14-15H,3-8,13H2,1-2H3,(H2,21,24)(H,22,23). The third kappa shape index (κ3) is 5.66. The van der Waals surface area contributed by atoms with Crippen molar-refractivity contribution < 1.29 is 9.59 Å². The van der Waals surface area contributed by atoms with Gasteiger partial charge in [0.15, 0.2) is 0 Å². The van der Waals surface area contributed by atoms with Crippen molar-refractivity contribution in [1.29, 1.82) is 0 Å². The van der Waals surface area contributed by atoms with Gasteiger partial charge in [0, 0.05) is 0 Å². The topological polar surface area (TPSA) is 72.2 Å². The first-order valence-corrected chi connectivity index (χ1v) is 8.90. The molecule has 0 unspecified atom stereocenters. The van der Waals surface area contributed by atoms with Gasteiger partial charge in [-0.1, -0.05) is 49.9 Å². The molecule has 0 bridgehead atoms. The lowest BCUT2D eigenvalue weighted by Crippen LogP contribution is -2.53. The average Bonchev–Trinajstić information content (AvgIpc) is 3.05. The van der Waals surface area contributed by atoms with Crippen LogP contribution in [-0.2, 0) is 22.4 Å². The van der Waals surface area contributed by atoms with E-state index in [4.69, 9.17) is 5.73 Å². The first-order valence-electron chi connectivity index (χ1n) is 8.90.